The predicted octanol–water partition coefficient (Wildman–Crippen LogP) is 2.90. The highest BCUT2D eigenvalue weighted by molar-refractivity contribution is 6.31. The molecule has 1 fully saturated rings. The monoisotopic (exact) mass is 377 g/mol. The summed E-state index contributed by atoms with van der Waals surface area (Å²) in [6.07, 6.45) is 6.96. The third kappa shape index (κ3) is 4.75. The molecule has 5 nitrogen and oxygen atoms in total. The van der Waals surface area contributed by atoms with Crippen LogP contribution in [0.2, 0.25) is 5.02 Å². The van der Waals surface area contributed by atoms with Crippen molar-refractivity contribution in [3.05, 3.63) is 52.6 Å². The fourth-order valence-electron chi connectivity index (χ4n) is 3.47. The number of nitrogens with one attached hydrogen (secondary N) is 1. The first kappa shape index (κ1) is 18.7. The van der Waals surface area contributed by atoms with E-state index < -0.39 is 0 Å². The van der Waals surface area contributed by atoms with Crippen LogP contribution >= 0.6 is 11.6 Å². The van der Waals surface area contributed by atoms with Crippen LogP contribution < -0.4 is 5.32 Å². The molecule has 0 aliphatic carbocycles. The maximum Gasteiger partial charge on any atom is 0.193 e. The fourth-order valence-corrected chi connectivity index (χ4v) is 3.73. The first-order valence-electron chi connectivity index (χ1n) is 8.92. The van der Waals surface area contributed by atoms with Crippen LogP contribution in [0.4, 0.5) is 4.39 Å². The summed E-state index contributed by atoms with van der Waals surface area (Å²) in [4.78, 5) is 6.70. The lowest BCUT2D eigenvalue weighted by Crippen LogP contribution is -2.41. The van der Waals surface area contributed by atoms with Gasteiger partial charge < -0.3 is 10.2 Å². The molecule has 1 unspecified atom stereocenters. The van der Waals surface area contributed by atoms with Crippen molar-refractivity contribution in [1.82, 2.24) is 20.0 Å². The van der Waals surface area contributed by atoms with Gasteiger partial charge in [-0.05, 0) is 48.4 Å². The van der Waals surface area contributed by atoms with Crippen LogP contribution in [-0.4, -0.2) is 47.3 Å². The summed E-state index contributed by atoms with van der Waals surface area (Å²) in [6, 6.07) is 4.54. The molecule has 1 aliphatic rings. The minimum Gasteiger partial charge on any atom is -0.356 e. The summed E-state index contributed by atoms with van der Waals surface area (Å²) in [7, 11) is 3.76. The molecular formula is C19H25ClFN5. The topological polar surface area (TPSA) is 45.5 Å². The molecule has 1 aliphatic heterocycles. The lowest BCUT2D eigenvalue weighted by Gasteiger charge is -2.21. The third-order valence-corrected chi connectivity index (χ3v) is 5.12. The van der Waals surface area contributed by atoms with Crippen LogP contribution in [0.3, 0.4) is 0 Å². The molecule has 1 aromatic heterocycles. The lowest BCUT2D eigenvalue weighted by atomic mass is 10.0. The van der Waals surface area contributed by atoms with Gasteiger partial charge >= 0.3 is 0 Å². The maximum absolute atomic E-state index is 13.1. The highest BCUT2D eigenvalue weighted by Gasteiger charge is 2.25. The molecule has 2 heterocycles. The predicted molar refractivity (Wildman–Crippen MR) is 103 cm³/mol. The molecule has 1 N–H and O–H groups in total. The standard InChI is InChI=1S/C19H25ClFN5/c1-22-19(23-7-5-16-3-4-17(21)10-18(16)20)26-8-6-14(13-26)9-15-11-24-25(2)12-15/h3-4,10-12,14H,5-9,13H2,1-2H3,(H,22,23). The number of nitrogens with zero attached hydrogens (tertiary/aromatic N) is 4. The number of aliphatic imine (C=N–C) groups is 1. The zero-order valence-corrected chi connectivity index (χ0v) is 16.0. The lowest BCUT2D eigenvalue weighted by molar-refractivity contribution is 0.460. The Kier molecular flexibility index (Phi) is 6.14. The Morgan fingerprint density at radius 2 is 2.31 bits per heavy atom. The van der Waals surface area contributed by atoms with Crippen molar-refractivity contribution in [2.75, 3.05) is 26.7 Å². The molecule has 0 amide bonds. The van der Waals surface area contributed by atoms with Crippen molar-refractivity contribution in [3.8, 4) is 0 Å². The van der Waals surface area contributed by atoms with Crippen LogP contribution in [-0.2, 0) is 19.9 Å². The summed E-state index contributed by atoms with van der Waals surface area (Å²) in [5.41, 5.74) is 2.22. The fraction of sp³-hybridized carbons (Fsp3) is 0.474. The van der Waals surface area contributed by atoms with Gasteiger partial charge in [0.2, 0.25) is 0 Å². The van der Waals surface area contributed by atoms with Crippen LogP contribution in [0.1, 0.15) is 17.5 Å². The molecule has 0 saturated carbocycles. The van der Waals surface area contributed by atoms with Crippen LogP contribution in [0.5, 0.6) is 0 Å². The zero-order chi connectivity index (χ0) is 18.5. The molecule has 1 saturated heterocycles. The molecule has 1 atom stereocenters. The molecule has 1 aromatic carbocycles. The number of benzene rings is 1. The average molecular weight is 378 g/mol. The first-order chi connectivity index (χ1) is 12.5. The number of rotatable bonds is 5. The van der Waals surface area contributed by atoms with Crippen LogP contribution in [0, 0.1) is 11.7 Å². The van der Waals surface area contributed by atoms with E-state index in [9.17, 15) is 4.39 Å². The van der Waals surface area contributed by atoms with E-state index in [1.54, 1.807) is 6.07 Å². The van der Waals surface area contributed by atoms with Gasteiger partial charge in [0.15, 0.2) is 5.96 Å². The number of halogens is 2. The van der Waals surface area contributed by atoms with E-state index in [0.29, 0.717) is 17.5 Å². The van der Waals surface area contributed by atoms with E-state index in [1.807, 2.05) is 25.0 Å². The molecule has 26 heavy (non-hydrogen) atoms. The van der Waals surface area contributed by atoms with Gasteiger partial charge in [-0.2, -0.15) is 5.10 Å². The molecule has 140 valence electrons. The summed E-state index contributed by atoms with van der Waals surface area (Å²) < 4.78 is 15.0. The first-order valence-corrected chi connectivity index (χ1v) is 9.30. The molecule has 3 rings (SSSR count). The number of aryl methyl sites for hydroxylation is 1. The molecule has 0 bridgehead atoms. The largest absolute Gasteiger partial charge is 0.356 e. The minimum atomic E-state index is -0.306. The SMILES string of the molecule is CN=C(NCCc1ccc(F)cc1Cl)N1CCC(Cc2cnn(C)c2)C1. The Morgan fingerprint density at radius 3 is 3.00 bits per heavy atom. The normalized spacial score (nSPS) is 17.8. The molecule has 2 aromatic rings. The summed E-state index contributed by atoms with van der Waals surface area (Å²) in [6.45, 7) is 2.70. The number of likely N-dealkylation sites (tertiary alicyclic amines) is 1. The van der Waals surface area contributed by atoms with Crippen molar-refractivity contribution in [1.29, 1.82) is 0 Å². The molecular weight excluding hydrogens is 353 g/mol. The third-order valence-electron chi connectivity index (χ3n) is 4.77. The van der Waals surface area contributed by atoms with E-state index in [0.717, 1.165) is 43.9 Å². The van der Waals surface area contributed by atoms with E-state index >= 15 is 0 Å². The second-order valence-corrected chi connectivity index (χ2v) is 7.19. The van der Waals surface area contributed by atoms with Gasteiger partial charge in [-0.25, -0.2) is 4.39 Å². The number of hydrogen-bond acceptors (Lipinski definition) is 2. The van der Waals surface area contributed by atoms with Crippen molar-refractivity contribution in [2.45, 2.75) is 19.3 Å². The highest BCUT2D eigenvalue weighted by atomic mass is 35.5. The Bertz CT molecular complexity index is 773. The highest BCUT2D eigenvalue weighted by Crippen LogP contribution is 2.21. The molecule has 7 heteroatoms. The van der Waals surface area contributed by atoms with Crippen LogP contribution in [0.25, 0.3) is 0 Å². The maximum atomic E-state index is 13.1. The van der Waals surface area contributed by atoms with Gasteiger partial charge in [0.25, 0.3) is 0 Å². The molecule has 0 spiro atoms. The van der Waals surface area contributed by atoms with Gasteiger partial charge in [-0.15, -0.1) is 0 Å². The van der Waals surface area contributed by atoms with Crippen molar-refractivity contribution in [3.63, 3.8) is 0 Å². The zero-order valence-electron chi connectivity index (χ0n) is 15.3. The van der Waals surface area contributed by atoms with Gasteiger partial charge in [-0.3, -0.25) is 9.67 Å². The van der Waals surface area contributed by atoms with Crippen molar-refractivity contribution < 1.29 is 4.39 Å². The van der Waals surface area contributed by atoms with Gasteiger partial charge in [0.1, 0.15) is 5.82 Å². The number of aromatic nitrogens is 2. The summed E-state index contributed by atoms with van der Waals surface area (Å²) in [5, 5.41) is 8.11. The number of hydrogen-bond donors (Lipinski definition) is 1. The van der Waals surface area contributed by atoms with E-state index in [4.69, 9.17) is 11.6 Å². The Morgan fingerprint density at radius 1 is 1.46 bits per heavy atom. The Balaban J connectivity index is 1.48. The van der Waals surface area contributed by atoms with Crippen LogP contribution in [0.15, 0.2) is 35.6 Å². The van der Waals surface area contributed by atoms with E-state index in [2.05, 4.69) is 26.5 Å². The quantitative estimate of drug-likeness (QED) is 0.643. The van der Waals surface area contributed by atoms with Crippen molar-refractivity contribution >= 4 is 17.6 Å². The van der Waals surface area contributed by atoms with Gasteiger partial charge in [0, 0.05) is 44.9 Å². The second kappa shape index (κ2) is 8.54. The van der Waals surface area contributed by atoms with Gasteiger partial charge in [-0.1, -0.05) is 17.7 Å². The van der Waals surface area contributed by atoms with Crippen molar-refractivity contribution in [2.24, 2.45) is 18.0 Å². The number of guanidine groups is 1. The molecule has 0 radical (unpaired) electrons. The van der Waals surface area contributed by atoms with Gasteiger partial charge in [0.05, 0.1) is 6.20 Å². The average Bonchev–Trinajstić information content (AvgIpc) is 3.23. The summed E-state index contributed by atoms with van der Waals surface area (Å²) in [5.74, 6) is 1.22. The summed E-state index contributed by atoms with van der Waals surface area (Å²) >= 11 is 6.09. The van der Waals surface area contributed by atoms with E-state index in [-0.39, 0.29) is 5.82 Å². The minimum absolute atomic E-state index is 0.306. The Labute approximate surface area is 158 Å². The van der Waals surface area contributed by atoms with E-state index in [1.165, 1.54) is 17.7 Å². The Hall–Kier alpha value is -2.08. The smallest absolute Gasteiger partial charge is 0.193 e. The second-order valence-electron chi connectivity index (χ2n) is 6.79.